The second kappa shape index (κ2) is 10.7. The highest BCUT2D eigenvalue weighted by atomic mass is 79.9. The Morgan fingerprint density at radius 3 is 2.26 bits per heavy atom. The van der Waals surface area contributed by atoms with Crippen LogP contribution in [0, 0.1) is 0 Å². The average Bonchev–Trinajstić information content (AvgIpc) is 2.70. The lowest BCUT2D eigenvalue weighted by Gasteiger charge is -2.31. The van der Waals surface area contributed by atoms with Gasteiger partial charge in [-0.3, -0.25) is 13.9 Å². The van der Waals surface area contributed by atoms with Gasteiger partial charge in [0.2, 0.25) is 21.8 Å². The lowest BCUT2D eigenvalue weighted by molar-refractivity contribution is -0.139. The van der Waals surface area contributed by atoms with Crippen LogP contribution in [0.15, 0.2) is 46.9 Å². The van der Waals surface area contributed by atoms with Crippen LogP contribution in [0.3, 0.4) is 0 Å². The number of nitrogens with zero attached hydrogens (tertiary/aromatic N) is 2. The SMILES string of the molecule is CNC(=O)C(C)N(Cc1ccc(Cl)cc1Cl)C(=O)CN(c1ccc(Br)cc1)S(C)(=O)=O. The Morgan fingerprint density at radius 1 is 1.13 bits per heavy atom. The van der Waals surface area contributed by atoms with Crippen LogP contribution >= 0.6 is 39.1 Å². The van der Waals surface area contributed by atoms with Gasteiger partial charge < -0.3 is 10.2 Å². The molecule has 7 nitrogen and oxygen atoms in total. The fourth-order valence-electron chi connectivity index (χ4n) is 2.85. The molecule has 0 aliphatic carbocycles. The second-order valence-electron chi connectivity index (χ2n) is 6.79. The summed E-state index contributed by atoms with van der Waals surface area (Å²) in [5, 5.41) is 3.28. The summed E-state index contributed by atoms with van der Waals surface area (Å²) in [6.07, 6.45) is 1.02. The van der Waals surface area contributed by atoms with Gasteiger partial charge in [-0.05, 0) is 48.9 Å². The summed E-state index contributed by atoms with van der Waals surface area (Å²) in [5.74, 6) is -0.955. The molecule has 0 aliphatic heterocycles. The molecule has 1 N–H and O–H groups in total. The van der Waals surface area contributed by atoms with Crippen LogP contribution in [0.2, 0.25) is 10.0 Å². The minimum absolute atomic E-state index is 0.00135. The highest BCUT2D eigenvalue weighted by Gasteiger charge is 2.30. The minimum Gasteiger partial charge on any atom is -0.357 e. The second-order valence-corrected chi connectivity index (χ2v) is 10.5. The van der Waals surface area contributed by atoms with Crippen molar-refractivity contribution in [1.29, 1.82) is 0 Å². The Morgan fingerprint density at radius 2 is 1.74 bits per heavy atom. The zero-order valence-electron chi connectivity index (χ0n) is 17.1. The Hall–Kier alpha value is -1.81. The van der Waals surface area contributed by atoms with Gasteiger partial charge in [0.15, 0.2) is 0 Å². The number of hydrogen-bond donors (Lipinski definition) is 1. The number of carbonyl (C=O) groups excluding carboxylic acids is 2. The van der Waals surface area contributed by atoms with E-state index >= 15 is 0 Å². The predicted octanol–water partition coefficient (Wildman–Crippen LogP) is 3.69. The number of sulfonamides is 1. The fourth-order valence-corrected chi connectivity index (χ4v) is 4.43. The highest BCUT2D eigenvalue weighted by Crippen LogP contribution is 2.25. The van der Waals surface area contributed by atoms with Crippen molar-refractivity contribution < 1.29 is 18.0 Å². The first-order valence-corrected chi connectivity index (χ1v) is 12.5. The van der Waals surface area contributed by atoms with Crippen LogP contribution in [0.25, 0.3) is 0 Å². The standard InChI is InChI=1S/C20H22BrCl2N3O4S/c1-13(20(28)24-2)25(11-14-4-7-16(22)10-18(14)23)19(27)12-26(31(3,29)30)17-8-5-15(21)6-9-17/h4-10,13H,11-12H2,1-3H3,(H,24,28). The van der Waals surface area contributed by atoms with Crippen molar-refractivity contribution in [2.45, 2.75) is 19.5 Å². The summed E-state index contributed by atoms with van der Waals surface area (Å²) in [6.45, 7) is 1.08. The van der Waals surface area contributed by atoms with Crippen molar-refractivity contribution in [2.75, 3.05) is 24.2 Å². The lowest BCUT2D eigenvalue weighted by Crippen LogP contribution is -2.50. The van der Waals surface area contributed by atoms with Gasteiger partial charge in [0, 0.05) is 28.1 Å². The number of carbonyl (C=O) groups is 2. The largest absolute Gasteiger partial charge is 0.357 e. The molecule has 0 spiro atoms. The van der Waals surface area contributed by atoms with Crippen LogP contribution in [0.5, 0.6) is 0 Å². The minimum atomic E-state index is -3.77. The molecule has 0 heterocycles. The number of rotatable bonds is 8. The van der Waals surface area contributed by atoms with Gasteiger partial charge in [-0.1, -0.05) is 45.2 Å². The van der Waals surface area contributed by atoms with Crippen molar-refractivity contribution in [3.8, 4) is 0 Å². The molecular weight excluding hydrogens is 529 g/mol. The van der Waals surface area contributed by atoms with E-state index in [-0.39, 0.29) is 6.54 Å². The summed E-state index contributed by atoms with van der Waals surface area (Å²) in [6, 6.07) is 10.5. The van der Waals surface area contributed by atoms with Gasteiger partial charge in [-0.2, -0.15) is 0 Å². The van der Waals surface area contributed by atoms with Crippen LogP contribution in [0.4, 0.5) is 5.69 Å². The third-order valence-electron chi connectivity index (χ3n) is 4.56. The van der Waals surface area contributed by atoms with Crippen LogP contribution in [-0.4, -0.2) is 51.0 Å². The Kier molecular flexibility index (Phi) is 8.76. The molecule has 11 heteroatoms. The van der Waals surface area contributed by atoms with E-state index in [9.17, 15) is 18.0 Å². The van der Waals surface area contributed by atoms with Crippen molar-refractivity contribution in [3.05, 3.63) is 62.5 Å². The third kappa shape index (κ3) is 6.83. The zero-order valence-corrected chi connectivity index (χ0v) is 21.0. The number of hydrogen-bond acceptors (Lipinski definition) is 4. The Balaban J connectivity index is 2.40. The number of nitrogens with one attached hydrogen (secondary N) is 1. The number of benzene rings is 2. The van der Waals surface area contributed by atoms with E-state index in [1.165, 1.54) is 18.0 Å². The number of likely N-dealkylation sites (N-methyl/N-ethyl adjacent to an activating group) is 1. The monoisotopic (exact) mass is 549 g/mol. The molecule has 2 aromatic carbocycles. The van der Waals surface area contributed by atoms with Gasteiger partial charge >= 0.3 is 0 Å². The molecule has 31 heavy (non-hydrogen) atoms. The highest BCUT2D eigenvalue weighted by molar-refractivity contribution is 9.10. The van der Waals surface area contributed by atoms with E-state index in [1.807, 2.05) is 0 Å². The van der Waals surface area contributed by atoms with E-state index in [2.05, 4.69) is 21.2 Å². The summed E-state index contributed by atoms with van der Waals surface area (Å²) < 4.78 is 26.6. The van der Waals surface area contributed by atoms with E-state index in [0.717, 1.165) is 15.0 Å². The van der Waals surface area contributed by atoms with Crippen molar-refractivity contribution >= 4 is 66.7 Å². The topological polar surface area (TPSA) is 86.8 Å². The maximum absolute atomic E-state index is 13.2. The molecule has 0 bridgehead atoms. The van der Waals surface area contributed by atoms with Crippen LogP contribution in [0.1, 0.15) is 12.5 Å². The fraction of sp³-hybridized carbons (Fsp3) is 0.300. The smallest absolute Gasteiger partial charge is 0.244 e. The zero-order chi connectivity index (χ0) is 23.3. The van der Waals surface area contributed by atoms with E-state index in [4.69, 9.17) is 23.2 Å². The number of anilines is 1. The third-order valence-corrected chi connectivity index (χ3v) is 6.82. The molecule has 1 atom stereocenters. The molecule has 0 radical (unpaired) electrons. The van der Waals surface area contributed by atoms with E-state index in [0.29, 0.717) is 21.3 Å². The number of amides is 2. The summed E-state index contributed by atoms with van der Waals surface area (Å²) in [4.78, 5) is 26.8. The average molecular weight is 551 g/mol. The number of halogens is 3. The Bertz CT molecular complexity index is 1060. The lowest BCUT2D eigenvalue weighted by atomic mass is 10.1. The molecule has 2 aromatic rings. The van der Waals surface area contributed by atoms with E-state index < -0.39 is 34.4 Å². The normalized spacial score (nSPS) is 12.2. The molecule has 0 aromatic heterocycles. The molecule has 168 valence electrons. The maximum Gasteiger partial charge on any atom is 0.244 e. The first kappa shape index (κ1) is 25.5. The van der Waals surface area contributed by atoms with Gasteiger partial charge in [0.25, 0.3) is 0 Å². The summed E-state index contributed by atoms with van der Waals surface area (Å²) in [7, 11) is -2.31. The van der Waals surface area contributed by atoms with Crippen molar-refractivity contribution in [1.82, 2.24) is 10.2 Å². The molecular formula is C20H22BrCl2N3O4S. The maximum atomic E-state index is 13.2. The summed E-state index contributed by atoms with van der Waals surface area (Å²) in [5.41, 5.74) is 0.904. The van der Waals surface area contributed by atoms with Gasteiger partial charge in [-0.15, -0.1) is 0 Å². The van der Waals surface area contributed by atoms with Crippen molar-refractivity contribution in [2.24, 2.45) is 0 Å². The van der Waals surface area contributed by atoms with Crippen LogP contribution < -0.4 is 9.62 Å². The molecule has 0 aliphatic rings. The van der Waals surface area contributed by atoms with Crippen molar-refractivity contribution in [3.63, 3.8) is 0 Å². The predicted molar refractivity (Wildman–Crippen MR) is 127 cm³/mol. The van der Waals surface area contributed by atoms with Gasteiger partial charge in [-0.25, -0.2) is 8.42 Å². The molecule has 2 amide bonds. The summed E-state index contributed by atoms with van der Waals surface area (Å²) >= 11 is 15.5. The molecule has 0 fully saturated rings. The van der Waals surface area contributed by atoms with Gasteiger partial charge in [0.05, 0.1) is 11.9 Å². The first-order chi connectivity index (χ1) is 14.4. The first-order valence-electron chi connectivity index (χ1n) is 9.12. The molecule has 0 saturated heterocycles. The Labute approximate surface area is 200 Å². The van der Waals surface area contributed by atoms with Crippen LogP contribution in [-0.2, 0) is 26.2 Å². The van der Waals surface area contributed by atoms with Gasteiger partial charge in [0.1, 0.15) is 12.6 Å². The molecule has 1 unspecified atom stereocenters. The molecule has 0 saturated carbocycles. The quantitative estimate of drug-likeness (QED) is 0.543. The molecule has 2 rings (SSSR count). The van der Waals surface area contributed by atoms with E-state index in [1.54, 1.807) is 43.3 Å².